The van der Waals surface area contributed by atoms with Gasteiger partial charge in [0, 0.05) is 31.4 Å². The molecule has 0 saturated carbocycles. The van der Waals surface area contributed by atoms with Crippen molar-refractivity contribution < 1.29 is 4.79 Å². The monoisotopic (exact) mass is 249 g/mol. The Morgan fingerprint density at radius 2 is 2.11 bits per heavy atom. The van der Waals surface area contributed by atoms with Gasteiger partial charge in [0.25, 0.3) is 0 Å². The van der Waals surface area contributed by atoms with Crippen molar-refractivity contribution in [3.8, 4) is 0 Å². The van der Waals surface area contributed by atoms with Crippen LogP contribution in [-0.4, -0.2) is 18.4 Å². The van der Waals surface area contributed by atoms with Crippen LogP contribution in [0.2, 0.25) is 0 Å². The van der Waals surface area contributed by atoms with Gasteiger partial charge in [-0.2, -0.15) is 0 Å². The lowest BCUT2D eigenvalue weighted by Gasteiger charge is -2.13. The van der Waals surface area contributed by atoms with Crippen molar-refractivity contribution in [1.29, 1.82) is 5.41 Å². The van der Waals surface area contributed by atoms with Crippen LogP contribution in [0.25, 0.3) is 0 Å². The number of nitrogens with one attached hydrogen (secondary N) is 4. The fourth-order valence-corrected chi connectivity index (χ4v) is 1.52. The molecule has 6 heteroatoms. The van der Waals surface area contributed by atoms with Gasteiger partial charge < -0.3 is 21.7 Å². The molecule has 6 nitrogen and oxygen atoms in total. The summed E-state index contributed by atoms with van der Waals surface area (Å²) < 4.78 is 0. The Balaban J connectivity index is 2.84. The van der Waals surface area contributed by atoms with Crippen LogP contribution in [0.5, 0.6) is 0 Å². The Hall–Kier alpha value is -2.08. The van der Waals surface area contributed by atoms with E-state index in [-0.39, 0.29) is 11.9 Å². The lowest BCUT2D eigenvalue weighted by Crippen LogP contribution is -2.29. The smallest absolute Gasteiger partial charge is 0.221 e. The van der Waals surface area contributed by atoms with Gasteiger partial charge in [0.15, 0.2) is 5.96 Å². The lowest BCUT2D eigenvalue weighted by molar-refractivity contribution is -0.114. The number of benzene rings is 1. The zero-order valence-corrected chi connectivity index (χ0v) is 10.6. The number of hydrogen-bond donors (Lipinski definition) is 5. The standard InChI is InChI=1S/C12H19N5O/c1-3-15-12(14)17-10-4-5-11(16-8(2)18)9(6-10)7-13/h4-6H,3,7,13H2,1-2H3,(H,16,18)(H3,14,15,17). The summed E-state index contributed by atoms with van der Waals surface area (Å²) in [5.41, 5.74) is 7.91. The molecule has 0 saturated heterocycles. The zero-order valence-electron chi connectivity index (χ0n) is 10.6. The first-order chi connectivity index (χ1) is 8.56. The topological polar surface area (TPSA) is 103 Å². The molecule has 18 heavy (non-hydrogen) atoms. The minimum atomic E-state index is -0.134. The molecule has 0 aromatic heterocycles. The van der Waals surface area contributed by atoms with Crippen LogP contribution in [0.3, 0.4) is 0 Å². The molecule has 6 N–H and O–H groups in total. The summed E-state index contributed by atoms with van der Waals surface area (Å²) in [6, 6.07) is 5.37. The third-order valence-electron chi connectivity index (χ3n) is 2.26. The second-order valence-electron chi connectivity index (χ2n) is 3.79. The molecule has 0 atom stereocenters. The number of rotatable bonds is 4. The summed E-state index contributed by atoms with van der Waals surface area (Å²) in [4.78, 5) is 11.0. The van der Waals surface area contributed by atoms with Gasteiger partial charge in [-0.1, -0.05) is 0 Å². The predicted molar refractivity (Wildman–Crippen MR) is 73.7 cm³/mol. The van der Waals surface area contributed by atoms with Gasteiger partial charge in [0.05, 0.1) is 0 Å². The van der Waals surface area contributed by atoms with Gasteiger partial charge in [-0.3, -0.25) is 10.2 Å². The summed E-state index contributed by atoms with van der Waals surface area (Å²) in [6.07, 6.45) is 0. The van der Waals surface area contributed by atoms with E-state index in [0.717, 1.165) is 11.3 Å². The summed E-state index contributed by atoms with van der Waals surface area (Å²) >= 11 is 0. The minimum absolute atomic E-state index is 0.134. The number of carbonyl (C=O) groups excluding carboxylic acids is 1. The minimum Gasteiger partial charge on any atom is -0.357 e. The average Bonchev–Trinajstić information content (AvgIpc) is 2.30. The van der Waals surface area contributed by atoms with E-state index in [9.17, 15) is 4.79 Å². The maximum absolute atomic E-state index is 11.0. The van der Waals surface area contributed by atoms with Crippen LogP contribution in [0.15, 0.2) is 18.2 Å². The molecule has 1 aromatic rings. The molecule has 0 aliphatic heterocycles. The first-order valence-electron chi connectivity index (χ1n) is 5.76. The van der Waals surface area contributed by atoms with E-state index in [0.29, 0.717) is 18.8 Å². The molecule has 0 spiro atoms. The van der Waals surface area contributed by atoms with E-state index in [1.54, 1.807) is 12.1 Å². The third-order valence-corrected chi connectivity index (χ3v) is 2.26. The predicted octanol–water partition coefficient (Wildman–Crippen LogP) is 1.06. The lowest BCUT2D eigenvalue weighted by atomic mass is 10.1. The number of guanidine groups is 1. The zero-order chi connectivity index (χ0) is 13.5. The fraction of sp³-hybridized carbons (Fsp3) is 0.333. The first-order valence-corrected chi connectivity index (χ1v) is 5.76. The van der Waals surface area contributed by atoms with Crippen molar-refractivity contribution in [2.24, 2.45) is 5.73 Å². The van der Waals surface area contributed by atoms with E-state index in [2.05, 4.69) is 16.0 Å². The van der Waals surface area contributed by atoms with Crippen molar-refractivity contribution in [3.63, 3.8) is 0 Å². The highest BCUT2D eigenvalue weighted by Gasteiger charge is 2.05. The van der Waals surface area contributed by atoms with Gasteiger partial charge in [-0.05, 0) is 30.7 Å². The third kappa shape index (κ3) is 4.06. The maximum atomic E-state index is 11.0. The largest absolute Gasteiger partial charge is 0.357 e. The number of amides is 1. The molecular formula is C12H19N5O. The molecular weight excluding hydrogens is 230 g/mol. The normalized spacial score (nSPS) is 9.72. The molecule has 0 fully saturated rings. The molecule has 0 heterocycles. The number of anilines is 2. The van der Waals surface area contributed by atoms with Crippen LogP contribution in [0.4, 0.5) is 11.4 Å². The highest BCUT2D eigenvalue weighted by atomic mass is 16.1. The van der Waals surface area contributed by atoms with Crippen LogP contribution in [-0.2, 0) is 11.3 Å². The van der Waals surface area contributed by atoms with Crippen molar-refractivity contribution in [3.05, 3.63) is 23.8 Å². The second-order valence-corrected chi connectivity index (χ2v) is 3.79. The van der Waals surface area contributed by atoms with Gasteiger partial charge >= 0.3 is 0 Å². The average molecular weight is 249 g/mol. The molecule has 1 amide bonds. The fourth-order valence-electron chi connectivity index (χ4n) is 1.52. The highest BCUT2D eigenvalue weighted by molar-refractivity contribution is 5.93. The molecule has 0 aliphatic carbocycles. The molecule has 0 unspecified atom stereocenters. The maximum Gasteiger partial charge on any atom is 0.221 e. The molecule has 98 valence electrons. The number of nitrogens with two attached hydrogens (primary N) is 1. The molecule has 0 bridgehead atoms. The van der Waals surface area contributed by atoms with E-state index < -0.39 is 0 Å². The summed E-state index contributed by atoms with van der Waals surface area (Å²) in [7, 11) is 0. The van der Waals surface area contributed by atoms with Crippen LogP contribution >= 0.6 is 0 Å². The van der Waals surface area contributed by atoms with Crippen molar-refractivity contribution in [2.45, 2.75) is 20.4 Å². The van der Waals surface area contributed by atoms with Crippen LogP contribution in [0, 0.1) is 5.41 Å². The van der Waals surface area contributed by atoms with Gasteiger partial charge in [-0.15, -0.1) is 0 Å². The van der Waals surface area contributed by atoms with Crippen molar-refractivity contribution in [2.75, 3.05) is 17.2 Å². The summed E-state index contributed by atoms with van der Waals surface area (Å²) in [5, 5.41) is 16.1. The van der Waals surface area contributed by atoms with Crippen LogP contribution in [0.1, 0.15) is 19.4 Å². The van der Waals surface area contributed by atoms with Crippen molar-refractivity contribution >= 4 is 23.2 Å². The van der Waals surface area contributed by atoms with Crippen molar-refractivity contribution in [1.82, 2.24) is 5.32 Å². The molecule has 0 radical (unpaired) electrons. The quantitative estimate of drug-likeness (QED) is 0.406. The first kappa shape index (κ1) is 14.0. The van der Waals surface area contributed by atoms with E-state index in [1.165, 1.54) is 6.92 Å². The molecule has 1 rings (SSSR count). The Morgan fingerprint density at radius 3 is 2.67 bits per heavy atom. The number of hydrogen-bond acceptors (Lipinski definition) is 3. The summed E-state index contributed by atoms with van der Waals surface area (Å²) in [6.45, 7) is 4.37. The highest BCUT2D eigenvalue weighted by Crippen LogP contribution is 2.20. The Kier molecular flexibility index (Phi) is 5.13. The van der Waals surface area contributed by atoms with E-state index >= 15 is 0 Å². The van der Waals surface area contributed by atoms with Gasteiger partial charge in [0.2, 0.25) is 5.91 Å². The molecule has 1 aromatic carbocycles. The van der Waals surface area contributed by atoms with E-state index in [1.807, 2.05) is 13.0 Å². The number of carbonyl (C=O) groups is 1. The summed E-state index contributed by atoms with van der Waals surface area (Å²) in [5.74, 6) is 0.0959. The SMILES string of the molecule is CCNC(=N)Nc1ccc(NC(C)=O)c(CN)c1. The van der Waals surface area contributed by atoms with Gasteiger partial charge in [0.1, 0.15) is 0 Å². The Labute approximate surface area is 106 Å². The molecule has 0 aliphatic rings. The van der Waals surface area contributed by atoms with Gasteiger partial charge in [-0.25, -0.2) is 0 Å². The second kappa shape index (κ2) is 6.61. The van der Waals surface area contributed by atoms with E-state index in [4.69, 9.17) is 11.1 Å². The van der Waals surface area contributed by atoms with Crippen LogP contribution < -0.4 is 21.7 Å². The Morgan fingerprint density at radius 1 is 1.39 bits per heavy atom. The Bertz CT molecular complexity index is 444.